The molecule has 8 heteroatoms. The van der Waals surface area contributed by atoms with E-state index in [0.717, 1.165) is 30.5 Å². The zero-order valence-electron chi connectivity index (χ0n) is 12.7. The number of aromatic nitrogens is 1. The molecule has 128 valence electrons. The predicted octanol–water partition coefficient (Wildman–Crippen LogP) is 3.77. The summed E-state index contributed by atoms with van der Waals surface area (Å²) in [6.07, 6.45) is -0.709. The van der Waals surface area contributed by atoms with Crippen LogP contribution in [-0.2, 0) is 17.5 Å². The molecule has 0 unspecified atom stereocenters. The smallest absolute Gasteiger partial charge is 0.301 e. The average Bonchev–Trinajstić information content (AvgIpc) is 3.25. The third-order valence-electron chi connectivity index (χ3n) is 3.76. The van der Waals surface area contributed by atoms with E-state index in [9.17, 15) is 18.0 Å². The topological polar surface area (TPSA) is 45.2 Å². The molecule has 0 bridgehead atoms. The number of nitrogens with zero attached hydrogens (tertiary/aromatic N) is 2. The molecule has 1 aromatic heterocycles. The lowest BCUT2D eigenvalue weighted by Gasteiger charge is -2.21. The van der Waals surface area contributed by atoms with E-state index in [1.54, 1.807) is 11.6 Å². The summed E-state index contributed by atoms with van der Waals surface area (Å²) >= 11 is 1.34. The van der Waals surface area contributed by atoms with Gasteiger partial charge < -0.3 is 5.32 Å². The quantitative estimate of drug-likeness (QED) is 0.858. The maximum Gasteiger partial charge on any atom is 0.416 e. The molecule has 1 aliphatic rings. The van der Waals surface area contributed by atoms with Gasteiger partial charge in [0.25, 0.3) is 0 Å². The summed E-state index contributed by atoms with van der Waals surface area (Å²) in [7, 11) is 0. The highest BCUT2D eigenvalue weighted by Gasteiger charge is 2.32. The predicted molar refractivity (Wildman–Crippen MR) is 85.6 cm³/mol. The number of rotatable bonds is 6. The van der Waals surface area contributed by atoms with Crippen molar-refractivity contribution in [2.24, 2.45) is 0 Å². The second kappa shape index (κ2) is 6.90. The van der Waals surface area contributed by atoms with Gasteiger partial charge >= 0.3 is 6.18 Å². The molecule has 1 N–H and O–H groups in total. The molecule has 1 aromatic carbocycles. The number of alkyl halides is 3. The molecular weight excluding hydrogens is 339 g/mol. The molecule has 3 rings (SSSR count). The molecule has 0 radical (unpaired) electrons. The number of hydrogen-bond acceptors (Lipinski definition) is 4. The molecular formula is C16H16F3N3OS. The summed E-state index contributed by atoms with van der Waals surface area (Å²) in [5.41, 5.74) is 0.0997. The van der Waals surface area contributed by atoms with Crippen molar-refractivity contribution in [1.82, 2.24) is 9.88 Å². The summed E-state index contributed by atoms with van der Waals surface area (Å²) in [4.78, 5) is 18.1. The van der Waals surface area contributed by atoms with Crippen molar-refractivity contribution in [2.75, 3.05) is 11.9 Å². The van der Waals surface area contributed by atoms with E-state index in [1.807, 2.05) is 4.90 Å². The number of thiazole rings is 1. The minimum Gasteiger partial charge on any atom is -0.301 e. The highest BCUT2D eigenvalue weighted by Crippen LogP contribution is 2.31. The highest BCUT2D eigenvalue weighted by molar-refractivity contribution is 7.13. The second-order valence-electron chi connectivity index (χ2n) is 5.72. The van der Waals surface area contributed by atoms with Gasteiger partial charge in [-0.2, -0.15) is 13.2 Å². The Kier molecular flexibility index (Phi) is 4.86. The van der Waals surface area contributed by atoms with Gasteiger partial charge in [0.15, 0.2) is 5.13 Å². The Balaban J connectivity index is 1.61. The van der Waals surface area contributed by atoms with E-state index in [1.165, 1.54) is 23.5 Å². The fourth-order valence-electron chi connectivity index (χ4n) is 2.42. The van der Waals surface area contributed by atoms with E-state index >= 15 is 0 Å². The lowest BCUT2D eigenvalue weighted by atomic mass is 10.1. The molecule has 0 spiro atoms. The van der Waals surface area contributed by atoms with Crippen LogP contribution in [-0.4, -0.2) is 28.4 Å². The number of benzene rings is 1. The lowest BCUT2D eigenvalue weighted by molar-refractivity contribution is -0.137. The van der Waals surface area contributed by atoms with Gasteiger partial charge in [0.05, 0.1) is 12.1 Å². The van der Waals surface area contributed by atoms with Crippen molar-refractivity contribution in [1.29, 1.82) is 0 Å². The highest BCUT2D eigenvalue weighted by atomic mass is 32.1. The van der Waals surface area contributed by atoms with Crippen LogP contribution in [0.2, 0.25) is 0 Å². The Morgan fingerprint density at radius 3 is 2.54 bits per heavy atom. The molecule has 2 aromatic rings. The van der Waals surface area contributed by atoms with Crippen molar-refractivity contribution < 1.29 is 18.0 Å². The van der Waals surface area contributed by atoms with Crippen LogP contribution in [0.4, 0.5) is 18.3 Å². The van der Waals surface area contributed by atoms with E-state index in [-0.39, 0.29) is 12.5 Å². The van der Waals surface area contributed by atoms with Crippen molar-refractivity contribution in [2.45, 2.75) is 31.6 Å². The number of carbonyl (C=O) groups excluding carboxylic acids is 1. The van der Waals surface area contributed by atoms with E-state index in [4.69, 9.17) is 0 Å². The second-order valence-corrected chi connectivity index (χ2v) is 6.61. The Morgan fingerprint density at radius 2 is 2.00 bits per heavy atom. The van der Waals surface area contributed by atoms with Crippen LogP contribution >= 0.6 is 11.3 Å². The molecule has 0 atom stereocenters. The van der Waals surface area contributed by atoms with Gasteiger partial charge in [0.2, 0.25) is 5.91 Å². The average molecular weight is 355 g/mol. The molecule has 1 heterocycles. The summed E-state index contributed by atoms with van der Waals surface area (Å²) in [5, 5.41) is 5.05. The van der Waals surface area contributed by atoms with Gasteiger partial charge in [-0.1, -0.05) is 12.1 Å². The standard InChI is InChI=1S/C16H16F3N3OS/c17-16(18,19)12-3-1-11(2-4-12)9-22(13-5-6-13)10-14(23)21-15-20-7-8-24-15/h1-4,7-8,13H,5-6,9-10H2,(H,20,21,23). The first-order valence-electron chi connectivity index (χ1n) is 7.51. The van der Waals surface area contributed by atoms with Crippen molar-refractivity contribution in [3.05, 3.63) is 47.0 Å². The molecule has 1 fully saturated rings. The van der Waals surface area contributed by atoms with E-state index < -0.39 is 11.7 Å². The Bertz CT molecular complexity index is 682. The first-order chi connectivity index (χ1) is 11.4. The van der Waals surface area contributed by atoms with Crippen LogP contribution in [0.5, 0.6) is 0 Å². The zero-order valence-corrected chi connectivity index (χ0v) is 13.5. The third kappa shape index (κ3) is 4.55. The molecule has 4 nitrogen and oxygen atoms in total. The molecule has 1 aliphatic carbocycles. The van der Waals surface area contributed by atoms with Gasteiger partial charge in [-0.05, 0) is 30.5 Å². The minimum absolute atomic E-state index is 0.163. The van der Waals surface area contributed by atoms with Crippen LogP contribution in [0.3, 0.4) is 0 Å². The van der Waals surface area contributed by atoms with Gasteiger partial charge in [-0.3, -0.25) is 9.69 Å². The molecule has 1 saturated carbocycles. The molecule has 1 amide bonds. The Labute approximate surface area is 141 Å². The monoisotopic (exact) mass is 355 g/mol. The van der Waals surface area contributed by atoms with Gasteiger partial charge in [0, 0.05) is 24.2 Å². The Morgan fingerprint density at radius 1 is 1.29 bits per heavy atom. The van der Waals surface area contributed by atoms with E-state index in [0.29, 0.717) is 17.7 Å². The molecule has 0 aliphatic heterocycles. The van der Waals surface area contributed by atoms with Gasteiger partial charge in [0.1, 0.15) is 0 Å². The lowest BCUT2D eigenvalue weighted by Crippen LogP contribution is -2.34. The molecule has 0 saturated heterocycles. The normalized spacial score (nSPS) is 14.8. The summed E-state index contributed by atoms with van der Waals surface area (Å²) in [6, 6.07) is 5.41. The van der Waals surface area contributed by atoms with Crippen LogP contribution in [0.1, 0.15) is 24.0 Å². The number of halogens is 3. The number of carbonyl (C=O) groups is 1. The SMILES string of the molecule is O=C(CN(Cc1ccc(C(F)(F)F)cc1)C1CC1)Nc1nccs1. The summed E-state index contributed by atoms with van der Waals surface area (Å²) in [6.45, 7) is 0.652. The molecule has 24 heavy (non-hydrogen) atoms. The number of anilines is 1. The van der Waals surface area contributed by atoms with Gasteiger partial charge in [-0.25, -0.2) is 4.98 Å². The zero-order chi connectivity index (χ0) is 17.2. The van der Waals surface area contributed by atoms with Crippen LogP contribution in [0, 0.1) is 0 Å². The fourth-order valence-corrected chi connectivity index (χ4v) is 2.96. The number of nitrogens with one attached hydrogen (secondary N) is 1. The fraction of sp³-hybridized carbons (Fsp3) is 0.375. The first-order valence-corrected chi connectivity index (χ1v) is 8.39. The van der Waals surface area contributed by atoms with Gasteiger partial charge in [-0.15, -0.1) is 11.3 Å². The maximum absolute atomic E-state index is 12.6. The van der Waals surface area contributed by atoms with Crippen LogP contribution < -0.4 is 5.32 Å². The maximum atomic E-state index is 12.6. The van der Waals surface area contributed by atoms with E-state index in [2.05, 4.69) is 10.3 Å². The summed E-state index contributed by atoms with van der Waals surface area (Å²) in [5.74, 6) is -0.163. The van der Waals surface area contributed by atoms with Crippen molar-refractivity contribution in [3.8, 4) is 0 Å². The van der Waals surface area contributed by atoms with Crippen molar-refractivity contribution >= 4 is 22.4 Å². The minimum atomic E-state index is -4.33. The first kappa shape index (κ1) is 16.9. The number of hydrogen-bond donors (Lipinski definition) is 1. The van der Waals surface area contributed by atoms with Crippen LogP contribution in [0.15, 0.2) is 35.8 Å². The van der Waals surface area contributed by atoms with Crippen molar-refractivity contribution in [3.63, 3.8) is 0 Å². The summed E-state index contributed by atoms with van der Waals surface area (Å²) < 4.78 is 37.8. The van der Waals surface area contributed by atoms with Crippen LogP contribution in [0.25, 0.3) is 0 Å². The Hall–Kier alpha value is -1.93. The third-order valence-corrected chi connectivity index (χ3v) is 4.44. The largest absolute Gasteiger partial charge is 0.416 e. The number of amides is 1.